The molecule has 162 valence electrons. The molecular formula is C18H32F3N5O2. The highest BCUT2D eigenvalue weighted by Crippen LogP contribution is 2.37. The van der Waals surface area contributed by atoms with Crippen molar-refractivity contribution in [3.05, 3.63) is 0 Å². The zero-order valence-corrected chi connectivity index (χ0v) is 16.7. The lowest BCUT2D eigenvalue weighted by Crippen LogP contribution is -2.49. The number of carbonyl (C=O) groups excluding carboxylic acids is 1. The Bertz CT molecular complexity index is 522. The molecule has 0 radical (unpaired) electrons. The number of hydrogen-bond acceptors (Lipinski definition) is 4. The summed E-state index contributed by atoms with van der Waals surface area (Å²) < 4.78 is 44.5. The molecule has 2 rings (SSSR count). The Labute approximate surface area is 164 Å². The van der Waals surface area contributed by atoms with Gasteiger partial charge in [0, 0.05) is 46.3 Å². The molecule has 0 aromatic heterocycles. The van der Waals surface area contributed by atoms with E-state index in [0.717, 1.165) is 19.6 Å². The first-order chi connectivity index (χ1) is 13.3. The van der Waals surface area contributed by atoms with Crippen LogP contribution in [0.5, 0.6) is 0 Å². The van der Waals surface area contributed by atoms with Crippen molar-refractivity contribution in [3.63, 3.8) is 0 Å². The van der Waals surface area contributed by atoms with Gasteiger partial charge in [-0.1, -0.05) is 6.42 Å². The minimum atomic E-state index is -4.16. The third-order valence-corrected chi connectivity index (χ3v) is 5.17. The van der Waals surface area contributed by atoms with E-state index in [1.54, 1.807) is 14.1 Å². The quantitative estimate of drug-likeness (QED) is 0.509. The molecule has 1 saturated heterocycles. The van der Waals surface area contributed by atoms with Crippen molar-refractivity contribution in [1.29, 1.82) is 0 Å². The van der Waals surface area contributed by atoms with Gasteiger partial charge in [-0.2, -0.15) is 13.2 Å². The molecule has 0 spiro atoms. The van der Waals surface area contributed by atoms with E-state index in [-0.39, 0.29) is 31.3 Å². The van der Waals surface area contributed by atoms with Crippen molar-refractivity contribution in [2.45, 2.75) is 37.9 Å². The molecule has 0 bridgehead atoms. The van der Waals surface area contributed by atoms with E-state index < -0.39 is 12.1 Å². The number of nitrogens with zero attached hydrogens (tertiary/aromatic N) is 3. The maximum absolute atomic E-state index is 13.1. The van der Waals surface area contributed by atoms with Gasteiger partial charge in [0.15, 0.2) is 5.96 Å². The summed E-state index contributed by atoms with van der Waals surface area (Å²) in [5.41, 5.74) is 0. The van der Waals surface area contributed by atoms with Crippen LogP contribution in [-0.4, -0.2) is 93.9 Å². The minimum absolute atomic E-state index is 0.0370. The van der Waals surface area contributed by atoms with Crippen molar-refractivity contribution in [2.75, 3.05) is 60.0 Å². The number of aliphatic imine (C=N–C) groups is 1. The standard InChI is InChI=1S/C18H32F3N5O2/c1-25(2)16(27)13-23-17(22-6-7-26-8-10-28-11-9-26)24-15-5-3-4-14(12-15)18(19,20)21/h14-15H,3-13H2,1-2H3,(H2,22,23,24). The molecule has 0 aromatic rings. The van der Waals surface area contributed by atoms with E-state index in [1.807, 2.05) is 0 Å². The Balaban J connectivity index is 1.90. The fourth-order valence-electron chi connectivity index (χ4n) is 3.41. The Kier molecular flexibility index (Phi) is 8.81. The maximum Gasteiger partial charge on any atom is 0.391 e. The summed E-state index contributed by atoms with van der Waals surface area (Å²) in [4.78, 5) is 19.8. The highest BCUT2D eigenvalue weighted by Gasteiger charge is 2.42. The summed E-state index contributed by atoms with van der Waals surface area (Å²) in [6.45, 7) is 4.45. The van der Waals surface area contributed by atoms with E-state index in [1.165, 1.54) is 4.90 Å². The predicted octanol–water partition coefficient (Wildman–Crippen LogP) is 1.06. The fraction of sp³-hybridized carbons (Fsp3) is 0.889. The van der Waals surface area contributed by atoms with Crippen molar-refractivity contribution in [1.82, 2.24) is 20.4 Å². The SMILES string of the molecule is CN(C)C(=O)CN=C(NCCN1CCOCC1)NC1CCCC(C(F)(F)F)C1. The zero-order valence-electron chi connectivity index (χ0n) is 16.7. The number of nitrogens with one attached hydrogen (secondary N) is 2. The molecule has 28 heavy (non-hydrogen) atoms. The summed E-state index contributed by atoms with van der Waals surface area (Å²) in [6.07, 6.45) is -2.76. The van der Waals surface area contributed by atoms with Crippen LogP contribution in [0.1, 0.15) is 25.7 Å². The second-order valence-electron chi connectivity index (χ2n) is 7.58. The predicted molar refractivity (Wildman–Crippen MR) is 101 cm³/mol. The van der Waals surface area contributed by atoms with Gasteiger partial charge in [0.2, 0.25) is 5.91 Å². The molecule has 1 aliphatic heterocycles. The topological polar surface area (TPSA) is 69.2 Å². The molecule has 1 amide bonds. The van der Waals surface area contributed by atoms with E-state index >= 15 is 0 Å². The highest BCUT2D eigenvalue weighted by atomic mass is 19.4. The van der Waals surface area contributed by atoms with Gasteiger partial charge < -0.3 is 20.3 Å². The van der Waals surface area contributed by atoms with Crippen LogP contribution < -0.4 is 10.6 Å². The Hall–Kier alpha value is -1.55. The van der Waals surface area contributed by atoms with Crippen LogP contribution in [0, 0.1) is 5.92 Å². The molecular weight excluding hydrogens is 375 g/mol. The van der Waals surface area contributed by atoms with Crippen LogP contribution in [0.15, 0.2) is 4.99 Å². The van der Waals surface area contributed by atoms with Crippen LogP contribution in [0.25, 0.3) is 0 Å². The molecule has 2 fully saturated rings. The van der Waals surface area contributed by atoms with Gasteiger partial charge in [-0.25, -0.2) is 4.99 Å². The number of rotatable bonds is 6. The molecule has 0 aromatic carbocycles. The molecule has 10 heteroatoms. The van der Waals surface area contributed by atoms with E-state index in [0.29, 0.717) is 38.6 Å². The number of guanidine groups is 1. The lowest BCUT2D eigenvalue weighted by Gasteiger charge is -2.32. The summed E-state index contributed by atoms with van der Waals surface area (Å²) in [5.74, 6) is -1.04. The molecule has 2 unspecified atom stereocenters. The van der Waals surface area contributed by atoms with E-state index in [2.05, 4.69) is 20.5 Å². The normalized spacial score (nSPS) is 24.7. The van der Waals surface area contributed by atoms with Crippen LogP contribution in [0.3, 0.4) is 0 Å². The third-order valence-electron chi connectivity index (χ3n) is 5.17. The van der Waals surface area contributed by atoms with E-state index in [9.17, 15) is 18.0 Å². The number of hydrogen-bond donors (Lipinski definition) is 2. The monoisotopic (exact) mass is 407 g/mol. The van der Waals surface area contributed by atoms with E-state index in [4.69, 9.17) is 4.74 Å². The minimum Gasteiger partial charge on any atom is -0.379 e. The fourth-order valence-corrected chi connectivity index (χ4v) is 3.41. The number of morpholine rings is 1. The molecule has 7 nitrogen and oxygen atoms in total. The average molecular weight is 407 g/mol. The number of amides is 1. The van der Waals surface area contributed by atoms with Crippen molar-refractivity contribution in [2.24, 2.45) is 10.9 Å². The largest absolute Gasteiger partial charge is 0.391 e. The third kappa shape index (κ3) is 7.83. The van der Waals surface area contributed by atoms with Gasteiger partial charge in [-0.15, -0.1) is 0 Å². The molecule has 1 saturated carbocycles. The van der Waals surface area contributed by atoms with Crippen molar-refractivity contribution >= 4 is 11.9 Å². The van der Waals surface area contributed by atoms with Crippen molar-refractivity contribution < 1.29 is 22.7 Å². The molecule has 1 heterocycles. The Morgan fingerprint density at radius 1 is 1.25 bits per heavy atom. The average Bonchev–Trinajstić information content (AvgIpc) is 2.66. The van der Waals surface area contributed by atoms with Crippen LogP contribution >= 0.6 is 0 Å². The number of halogens is 3. The van der Waals surface area contributed by atoms with Crippen LogP contribution in [-0.2, 0) is 9.53 Å². The Morgan fingerprint density at radius 3 is 2.61 bits per heavy atom. The lowest BCUT2D eigenvalue weighted by atomic mass is 9.85. The van der Waals surface area contributed by atoms with Gasteiger partial charge in [0.05, 0.1) is 19.1 Å². The second-order valence-corrected chi connectivity index (χ2v) is 7.58. The van der Waals surface area contributed by atoms with Crippen molar-refractivity contribution in [3.8, 4) is 0 Å². The maximum atomic E-state index is 13.1. The number of carbonyl (C=O) groups is 1. The first-order valence-electron chi connectivity index (χ1n) is 9.87. The first kappa shape index (κ1) is 22.7. The van der Waals surface area contributed by atoms with Crippen LogP contribution in [0.4, 0.5) is 13.2 Å². The number of alkyl halides is 3. The van der Waals surface area contributed by atoms with Gasteiger partial charge in [0.1, 0.15) is 6.54 Å². The summed E-state index contributed by atoms with van der Waals surface area (Å²) in [6, 6.07) is -0.301. The van der Waals surface area contributed by atoms with Gasteiger partial charge in [-0.3, -0.25) is 9.69 Å². The van der Waals surface area contributed by atoms with Gasteiger partial charge >= 0.3 is 6.18 Å². The second kappa shape index (κ2) is 10.8. The van der Waals surface area contributed by atoms with Crippen LogP contribution in [0.2, 0.25) is 0 Å². The highest BCUT2D eigenvalue weighted by molar-refractivity contribution is 5.84. The smallest absolute Gasteiger partial charge is 0.379 e. The van der Waals surface area contributed by atoms with Gasteiger partial charge in [0.25, 0.3) is 0 Å². The summed E-state index contributed by atoms with van der Waals surface area (Å²) >= 11 is 0. The Morgan fingerprint density at radius 2 is 1.96 bits per heavy atom. The molecule has 2 atom stereocenters. The first-order valence-corrected chi connectivity index (χ1v) is 9.87. The summed E-state index contributed by atoms with van der Waals surface area (Å²) in [7, 11) is 3.29. The molecule has 1 aliphatic carbocycles. The zero-order chi connectivity index (χ0) is 20.6. The lowest BCUT2D eigenvalue weighted by molar-refractivity contribution is -0.183. The molecule has 2 aliphatic rings. The number of ether oxygens (including phenoxy) is 1. The van der Waals surface area contributed by atoms with Gasteiger partial charge in [-0.05, 0) is 19.3 Å². The summed E-state index contributed by atoms with van der Waals surface area (Å²) in [5, 5.41) is 6.28. The molecule has 2 N–H and O–H groups in total. The number of likely N-dealkylation sites (N-methyl/N-ethyl adjacent to an activating group) is 1.